The standard InChI is InChI=1S/C12H10.C2H3ClO2/c1-3-7-11(8-4-1)12-9-5-2-6-10-12;3-1-2(4)5/h1-10H;1H2,(H,4,5)/p-1. The number of carbonyl (C=O) groups excluding carboxylic acids is 1. The van der Waals surface area contributed by atoms with E-state index >= 15 is 0 Å². The SMILES string of the molecule is O=C([O-])CCl.c1ccc(-c2ccccc2)cc1. The van der Waals surface area contributed by atoms with Crippen LogP contribution in [0.15, 0.2) is 60.7 Å². The van der Waals surface area contributed by atoms with Gasteiger partial charge in [-0.3, -0.25) is 0 Å². The number of hydrogen-bond acceptors (Lipinski definition) is 2. The van der Waals surface area contributed by atoms with Gasteiger partial charge in [-0.2, -0.15) is 0 Å². The molecule has 0 saturated carbocycles. The normalized spacial score (nSPS) is 9.00. The van der Waals surface area contributed by atoms with Crippen LogP contribution in [0.1, 0.15) is 0 Å². The first-order valence-electron chi connectivity index (χ1n) is 5.10. The van der Waals surface area contributed by atoms with Gasteiger partial charge in [0.2, 0.25) is 0 Å². The molecule has 0 radical (unpaired) electrons. The first-order chi connectivity index (χ1) is 8.24. The van der Waals surface area contributed by atoms with E-state index in [-0.39, 0.29) is 0 Å². The number of rotatable bonds is 2. The first kappa shape index (κ1) is 13.3. The second-order valence-electron chi connectivity index (χ2n) is 3.24. The van der Waals surface area contributed by atoms with E-state index in [1.807, 2.05) is 12.1 Å². The molecule has 88 valence electrons. The van der Waals surface area contributed by atoms with E-state index in [0.717, 1.165) is 0 Å². The molecule has 0 fully saturated rings. The highest BCUT2D eigenvalue weighted by Gasteiger charge is 1.91. The highest BCUT2D eigenvalue weighted by atomic mass is 35.5. The predicted molar refractivity (Wildman–Crippen MR) is 67.6 cm³/mol. The number of benzene rings is 2. The van der Waals surface area contributed by atoms with Gasteiger partial charge in [-0.05, 0) is 11.1 Å². The molecule has 2 nitrogen and oxygen atoms in total. The van der Waals surface area contributed by atoms with Crippen LogP contribution < -0.4 is 5.11 Å². The Labute approximate surface area is 105 Å². The number of halogens is 1. The summed E-state index contributed by atoms with van der Waals surface area (Å²) in [5.74, 6) is -1.65. The molecule has 2 aromatic carbocycles. The lowest BCUT2D eigenvalue weighted by atomic mass is 10.1. The third-order valence-electron chi connectivity index (χ3n) is 1.99. The van der Waals surface area contributed by atoms with Crippen LogP contribution in [-0.4, -0.2) is 11.8 Å². The number of carbonyl (C=O) groups is 1. The Kier molecular flexibility index (Phi) is 5.83. The minimum absolute atomic E-state index is 0.417. The average Bonchev–Trinajstić information content (AvgIpc) is 2.41. The zero-order chi connectivity index (χ0) is 12.5. The zero-order valence-electron chi connectivity index (χ0n) is 9.18. The second-order valence-corrected chi connectivity index (χ2v) is 3.50. The van der Waals surface area contributed by atoms with Crippen molar-refractivity contribution in [2.45, 2.75) is 0 Å². The van der Waals surface area contributed by atoms with Gasteiger partial charge in [0.05, 0.1) is 11.8 Å². The van der Waals surface area contributed by atoms with Gasteiger partial charge in [-0.25, -0.2) is 0 Å². The highest BCUT2D eigenvalue weighted by molar-refractivity contribution is 6.25. The molecule has 2 aromatic rings. The smallest absolute Gasteiger partial charge is 0.0620 e. The molecule has 2 rings (SSSR count). The molecule has 0 bridgehead atoms. The van der Waals surface area contributed by atoms with Crippen molar-refractivity contribution in [2.75, 3.05) is 5.88 Å². The number of alkyl halides is 1. The molecule has 0 aliphatic heterocycles. The Balaban J connectivity index is 0.000000249. The van der Waals surface area contributed by atoms with Crippen LogP contribution in [0.5, 0.6) is 0 Å². The first-order valence-corrected chi connectivity index (χ1v) is 5.63. The van der Waals surface area contributed by atoms with E-state index in [4.69, 9.17) is 9.90 Å². The van der Waals surface area contributed by atoms with Crippen LogP contribution in [0.3, 0.4) is 0 Å². The van der Waals surface area contributed by atoms with Gasteiger partial charge in [-0.15, -0.1) is 11.6 Å². The fourth-order valence-electron chi connectivity index (χ4n) is 1.26. The Hall–Kier alpha value is -1.80. The van der Waals surface area contributed by atoms with Crippen molar-refractivity contribution in [3.63, 3.8) is 0 Å². The minimum Gasteiger partial charge on any atom is -0.549 e. The Bertz CT molecular complexity index is 403. The van der Waals surface area contributed by atoms with E-state index in [0.29, 0.717) is 0 Å². The van der Waals surface area contributed by atoms with Crippen LogP contribution in [0.25, 0.3) is 11.1 Å². The van der Waals surface area contributed by atoms with Crippen LogP contribution in [0.2, 0.25) is 0 Å². The van der Waals surface area contributed by atoms with Crippen LogP contribution in [0, 0.1) is 0 Å². The largest absolute Gasteiger partial charge is 0.549 e. The van der Waals surface area contributed by atoms with E-state index in [2.05, 4.69) is 60.1 Å². The number of aliphatic carboxylic acids is 1. The van der Waals surface area contributed by atoms with Gasteiger partial charge < -0.3 is 9.90 Å². The molecule has 17 heavy (non-hydrogen) atoms. The third kappa shape index (κ3) is 5.18. The Morgan fingerprint density at radius 2 is 1.18 bits per heavy atom. The fourth-order valence-corrected chi connectivity index (χ4v) is 1.26. The van der Waals surface area contributed by atoms with Crippen LogP contribution in [0.4, 0.5) is 0 Å². The van der Waals surface area contributed by atoms with Crippen molar-refractivity contribution in [1.29, 1.82) is 0 Å². The quantitative estimate of drug-likeness (QED) is 0.765. The number of carboxylic acid groups (broad SMARTS) is 1. The molecule has 0 aliphatic carbocycles. The molecule has 0 aromatic heterocycles. The predicted octanol–water partition coefficient (Wildman–Crippen LogP) is 2.33. The summed E-state index contributed by atoms with van der Waals surface area (Å²) >= 11 is 4.67. The van der Waals surface area contributed by atoms with Crippen molar-refractivity contribution in [3.05, 3.63) is 60.7 Å². The minimum atomic E-state index is -1.23. The molecule has 0 amide bonds. The lowest BCUT2D eigenvalue weighted by Gasteiger charge is -1.98. The van der Waals surface area contributed by atoms with E-state index in [9.17, 15) is 0 Å². The molecule has 0 unspecified atom stereocenters. The summed E-state index contributed by atoms with van der Waals surface area (Å²) in [6.45, 7) is 0. The maximum Gasteiger partial charge on any atom is 0.0620 e. The molecule has 3 heteroatoms. The molecular weight excluding hydrogens is 236 g/mol. The molecule has 0 atom stereocenters. The van der Waals surface area contributed by atoms with Gasteiger partial charge in [0, 0.05) is 0 Å². The molecule has 0 N–H and O–H groups in total. The summed E-state index contributed by atoms with van der Waals surface area (Å²) in [4.78, 5) is 9.12. The molecule has 0 saturated heterocycles. The lowest BCUT2D eigenvalue weighted by Crippen LogP contribution is -2.23. The molecule has 0 heterocycles. The topological polar surface area (TPSA) is 40.1 Å². The molecule has 0 aliphatic rings. The van der Waals surface area contributed by atoms with Crippen molar-refractivity contribution in [2.24, 2.45) is 0 Å². The van der Waals surface area contributed by atoms with Crippen molar-refractivity contribution in [3.8, 4) is 11.1 Å². The fraction of sp³-hybridized carbons (Fsp3) is 0.0714. The van der Waals surface area contributed by atoms with Crippen LogP contribution >= 0.6 is 11.6 Å². The van der Waals surface area contributed by atoms with E-state index in [1.54, 1.807) is 0 Å². The van der Waals surface area contributed by atoms with Gasteiger partial charge in [0.15, 0.2) is 0 Å². The zero-order valence-corrected chi connectivity index (χ0v) is 9.93. The summed E-state index contributed by atoms with van der Waals surface area (Å²) in [6, 6.07) is 20.8. The van der Waals surface area contributed by atoms with Crippen molar-refractivity contribution in [1.82, 2.24) is 0 Å². The van der Waals surface area contributed by atoms with Gasteiger partial charge in [0.25, 0.3) is 0 Å². The van der Waals surface area contributed by atoms with E-state index < -0.39 is 11.8 Å². The number of hydrogen-bond donors (Lipinski definition) is 0. The summed E-state index contributed by atoms with van der Waals surface area (Å²) in [5.41, 5.74) is 2.55. The maximum absolute atomic E-state index is 9.12. The summed E-state index contributed by atoms with van der Waals surface area (Å²) in [5, 5.41) is 9.12. The maximum atomic E-state index is 9.12. The average molecular weight is 248 g/mol. The lowest BCUT2D eigenvalue weighted by molar-refractivity contribution is -0.301. The summed E-state index contributed by atoms with van der Waals surface area (Å²) in [6.07, 6.45) is 0. The van der Waals surface area contributed by atoms with E-state index in [1.165, 1.54) is 11.1 Å². The van der Waals surface area contributed by atoms with Crippen molar-refractivity contribution >= 4 is 17.6 Å². The molecular formula is C14H12ClO2-. The highest BCUT2D eigenvalue weighted by Crippen LogP contribution is 2.17. The Morgan fingerprint density at radius 3 is 1.41 bits per heavy atom. The van der Waals surface area contributed by atoms with Crippen LogP contribution in [-0.2, 0) is 4.79 Å². The second kappa shape index (κ2) is 7.47. The Morgan fingerprint density at radius 1 is 0.882 bits per heavy atom. The van der Waals surface area contributed by atoms with Crippen molar-refractivity contribution < 1.29 is 9.90 Å². The third-order valence-corrected chi connectivity index (χ3v) is 2.21. The molecule has 0 spiro atoms. The van der Waals surface area contributed by atoms with Gasteiger partial charge >= 0.3 is 0 Å². The van der Waals surface area contributed by atoms with Gasteiger partial charge in [-0.1, -0.05) is 60.7 Å². The summed E-state index contributed by atoms with van der Waals surface area (Å²) < 4.78 is 0. The van der Waals surface area contributed by atoms with Gasteiger partial charge in [0.1, 0.15) is 0 Å². The number of carboxylic acids is 1. The monoisotopic (exact) mass is 247 g/mol. The summed E-state index contributed by atoms with van der Waals surface area (Å²) in [7, 11) is 0.